The Kier molecular flexibility index (Phi) is 4.17. The molecule has 1 heterocycles. The zero-order valence-electron chi connectivity index (χ0n) is 12.0. The SMILES string of the molecule is CC(C)(C)CCC(NN)c1ccnc2ccccc12. The summed E-state index contributed by atoms with van der Waals surface area (Å²) in [7, 11) is 0. The third kappa shape index (κ3) is 3.52. The molecule has 2 rings (SSSR count). The molecule has 0 bridgehead atoms. The Bertz CT molecular complexity index is 538. The molecule has 3 nitrogen and oxygen atoms in total. The van der Waals surface area contributed by atoms with E-state index in [-0.39, 0.29) is 6.04 Å². The number of pyridine rings is 1. The summed E-state index contributed by atoms with van der Waals surface area (Å²) in [4.78, 5) is 4.40. The van der Waals surface area contributed by atoms with Crippen LogP contribution >= 0.6 is 0 Å². The second-order valence-corrected chi connectivity index (χ2v) is 6.24. The van der Waals surface area contributed by atoms with Gasteiger partial charge >= 0.3 is 0 Å². The van der Waals surface area contributed by atoms with Gasteiger partial charge in [0, 0.05) is 17.6 Å². The van der Waals surface area contributed by atoms with E-state index in [2.05, 4.69) is 43.3 Å². The standard InChI is InChI=1S/C16H23N3/c1-16(2,3)10-8-15(19-17)13-9-11-18-14-7-5-4-6-12(13)14/h4-7,9,11,15,19H,8,10,17H2,1-3H3. The van der Waals surface area contributed by atoms with E-state index in [0.29, 0.717) is 5.41 Å². The Morgan fingerprint density at radius 2 is 1.95 bits per heavy atom. The number of nitrogens with two attached hydrogens (primary N) is 1. The maximum atomic E-state index is 5.75. The van der Waals surface area contributed by atoms with Crippen LogP contribution in [0.5, 0.6) is 0 Å². The number of hydrogen-bond donors (Lipinski definition) is 2. The van der Waals surface area contributed by atoms with Crippen LogP contribution in [0.1, 0.15) is 45.2 Å². The first-order valence-corrected chi connectivity index (χ1v) is 6.81. The molecule has 1 unspecified atom stereocenters. The molecule has 0 fully saturated rings. The first kappa shape index (κ1) is 14.0. The number of hydrogen-bond acceptors (Lipinski definition) is 3. The van der Waals surface area contributed by atoms with E-state index in [1.165, 1.54) is 10.9 Å². The van der Waals surface area contributed by atoms with Crippen LogP contribution in [0.15, 0.2) is 36.5 Å². The van der Waals surface area contributed by atoms with Crippen molar-refractivity contribution < 1.29 is 0 Å². The van der Waals surface area contributed by atoms with E-state index < -0.39 is 0 Å². The van der Waals surface area contributed by atoms with Crippen molar-refractivity contribution in [2.75, 3.05) is 0 Å². The summed E-state index contributed by atoms with van der Waals surface area (Å²) in [6.07, 6.45) is 4.01. The number of para-hydroxylation sites is 1. The molecule has 2 aromatic rings. The van der Waals surface area contributed by atoms with Crippen molar-refractivity contribution in [2.45, 2.75) is 39.7 Å². The highest BCUT2D eigenvalue weighted by Gasteiger charge is 2.17. The minimum Gasteiger partial charge on any atom is -0.271 e. The van der Waals surface area contributed by atoms with E-state index in [1.54, 1.807) is 0 Å². The Hall–Kier alpha value is -1.45. The smallest absolute Gasteiger partial charge is 0.0705 e. The molecular formula is C16H23N3. The maximum Gasteiger partial charge on any atom is 0.0705 e. The average Bonchev–Trinajstić information content (AvgIpc) is 2.38. The van der Waals surface area contributed by atoms with Gasteiger partial charge in [0.1, 0.15) is 0 Å². The average molecular weight is 257 g/mol. The van der Waals surface area contributed by atoms with Crippen LogP contribution in [0.25, 0.3) is 10.9 Å². The molecule has 0 saturated heterocycles. The number of hydrazine groups is 1. The number of nitrogens with one attached hydrogen (secondary N) is 1. The molecule has 1 atom stereocenters. The second kappa shape index (κ2) is 5.68. The Balaban J connectivity index is 2.30. The van der Waals surface area contributed by atoms with Crippen LogP contribution in [0.3, 0.4) is 0 Å². The van der Waals surface area contributed by atoms with E-state index in [1.807, 2.05) is 24.4 Å². The molecule has 0 saturated carbocycles. The third-order valence-corrected chi connectivity index (χ3v) is 3.44. The predicted octanol–water partition coefficient (Wildman–Crippen LogP) is 3.57. The lowest BCUT2D eigenvalue weighted by atomic mass is 9.87. The molecule has 0 amide bonds. The summed E-state index contributed by atoms with van der Waals surface area (Å²) in [5.41, 5.74) is 5.53. The Morgan fingerprint density at radius 3 is 2.63 bits per heavy atom. The summed E-state index contributed by atoms with van der Waals surface area (Å²) in [6, 6.07) is 10.4. The largest absolute Gasteiger partial charge is 0.271 e. The van der Waals surface area contributed by atoms with Gasteiger partial charge in [-0.3, -0.25) is 16.3 Å². The van der Waals surface area contributed by atoms with Gasteiger partial charge in [-0.25, -0.2) is 0 Å². The van der Waals surface area contributed by atoms with Crippen molar-refractivity contribution in [3.05, 3.63) is 42.1 Å². The molecule has 3 heteroatoms. The minimum atomic E-state index is 0.173. The molecule has 0 radical (unpaired) electrons. The first-order valence-electron chi connectivity index (χ1n) is 6.81. The third-order valence-electron chi connectivity index (χ3n) is 3.44. The van der Waals surface area contributed by atoms with Crippen molar-refractivity contribution in [1.29, 1.82) is 0 Å². The lowest BCUT2D eigenvalue weighted by molar-refractivity contribution is 0.334. The summed E-state index contributed by atoms with van der Waals surface area (Å²) in [5, 5.41) is 1.18. The lowest BCUT2D eigenvalue weighted by Crippen LogP contribution is -2.29. The van der Waals surface area contributed by atoms with E-state index >= 15 is 0 Å². The molecule has 1 aromatic carbocycles. The molecule has 102 valence electrons. The van der Waals surface area contributed by atoms with E-state index in [4.69, 9.17) is 5.84 Å². The van der Waals surface area contributed by atoms with E-state index in [9.17, 15) is 0 Å². The summed E-state index contributed by atoms with van der Waals surface area (Å²) >= 11 is 0. The molecule has 0 spiro atoms. The van der Waals surface area contributed by atoms with Gasteiger partial charge in [0.05, 0.1) is 5.52 Å². The zero-order valence-corrected chi connectivity index (χ0v) is 12.0. The van der Waals surface area contributed by atoms with Crippen molar-refractivity contribution in [1.82, 2.24) is 10.4 Å². The molecule has 1 aromatic heterocycles. The lowest BCUT2D eigenvalue weighted by Gasteiger charge is -2.23. The number of aromatic nitrogens is 1. The van der Waals surface area contributed by atoms with Gasteiger partial charge in [0.15, 0.2) is 0 Å². The normalized spacial score (nSPS) is 13.7. The molecule has 0 aliphatic rings. The summed E-state index contributed by atoms with van der Waals surface area (Å²) in [5.74, 6) is 5.75. The highest BCUT2D eigenvalue weighted by Crippen LogP contribution is 2.30. The monoisotopic (exact) mass is 257 g/mol. The van der Waals surface area contributed by atoms with Crippen molar-refractivity contribution >= 4 is 10.9 Å². The van der Waals surface area contributed by atoms with Gasteiger partial charge < -0.3 is 0 Å². The fourth-order valence-corrected chi connectivity index (χ4v) is 2.33. The van der Waals surface area contributed by atoms with Gasteiger partial charge in [-0.1, -0.05) is 39.0 Å². The van der Waals surface area contributed by atoms with Gasteiger partial charge in [0.2, 0.25) is 0 Å². The number of nitrogens with zero attached hydrogens (tertiary/aromatic N) is 1. The Morgan fingerprint density at radius 1 is 1.21 bits per heavy atom. The minimum absolute atomic E-state index is 0.173. The van der Waals surface area contributed by atoms with Crippen LogP contribution < -0.4 is 11.3 Å². The number of fused-ring (bicyclic) bond motifs is 1. The quantitative estimate of drug-likeness (QED) is 0.650. The summed E-state index contributed by atoms with van der Waals surface area (Å²) < 4.78 is 0. The topological polar surface area (TPSA) is 50.9 Å². The number of benzene rings is 1. The molecule has 0 aliphatic carbocycles. The van der Waals surface area contributed by atoms with Crippen LogP contribution in [-0.2, 0) is 0 Å². The molecular weight excluding hydrogens is 234 g/mol. The van der Waals surface area contributed by atoms with E-state index in [0.717, 1.165) is 18.4 Å². The van der Waals surface area contributed by atoms with Crippen LogP contribution in [0, 0.1) is 5.41 Å². The predicted molar refractivity (Wildman–Crippen MR) is 80.5 cm³/mol. The van der Waals surface area contributed by atoms with Crippen LogP contribution in [0.4, 0.5) is 0 Å². The van der Waals surface area contributed by atoms with Crippen molar-refractivity contribution in [3.8, 4) is 0 Å². The fourth-order valence-electron chi connectivity index (χ4n) is 2.33. The van der Waals surface area contributed by atoms with Crippen LogP contribution in [-0.4, -0.2) is 4.98 Å². The van der Waals surface area contributed by atoms with Gasteiger partial charge in [0.25, 0.3) is 0 Å². The number of rotatable bonds is 4. The second-order valence-electron chi connectivity index (χ2n) is 6.24. The molecule has 19 heavy (non-hydrogen) atoms. The van der Waals surface area contributed by atoms with Crippen molar-refractivity contribution in [3.63, 3.8) is 0 Å². The van der Waals surface area contributed by atoms with Gasteiger partial charge in [-0.2, -0.15) is 0 Å². The highest BCUT2D eigenvalue weighted by molar-refractivity contribution is 5.82. The molecule has 0 aliphatic heterocycles. The van der Waals surface area contributed by atoms with Crippen molar-refractivity contribution in [2.24, 2.45) is 11.3 Å². The fraction of sp³-hybridized carbons (Fsp3) is 0.438. The van der Waals surface area contributed by atoms with Gasteiger partial charge in [-0.15, -0.1) is 0 Å². The van der Waals surface area contributed by atoms with Crippen LogP contribution in [0.2, 0.25) is 0 Å². The Labute approximate surface area is 115 Å². The highest BCUT2D eigenvalue weighted by atomic mass is 15.2. The zero-order chi connectivity index (χ0) is 13.9. The summed E-state index contributed by atoms with van der Waals surface area (Å²) in [6.45, 7) is 6.77. The maximum absolute atomic E-state index is 5.75. The molecule has 3 N–H and O–H groups in total. The van der Waals surface area contributed by atoms with Gasteiger partial charge in [-0.05, 0) is 36.0 Å². The first-order chi connectivity index (χ1) is 9.01.